The number of ketones is 1. The van der Waals surface area contributed by atoms with Crippen LogP contribution < -0.4 is 10.5 Å². The lowest BCUT2D eigenvalue weighted by atomic mass is 10.0. The molecule has 0 aliphatic heterocycles. The van der Waals surface area contributed by atoms with E-state index in [-0.39, 0.29) is 17.2 Å². The molecular formula is C18H17Br2NO5. The third-order valence-corrected chi connectivity index (χ3v) is 4.85. The zero-order valence-electron chi connectivity index (χ0n) is 14.0. The summed E-state index contributed by atoms with van der Waals surface area (Å²) in [5.74, 6) is -0.887. The number of aliphatic carboxylic acids is 1. The van der Waals surface area contributed by atoms with E-state index in [0.717, 1.165) is 5.56 Å². The van der Waals surface area contributed by atoms with Crippen LogP contribution in [0.15, 0.2) is 39.3 Å². The van der Waals surface area contributed by atoms with Crippen molar-refractivity contribution in [3.63, 3.8) is 0 Å². The Balaban J connectivity index is 2.36. The van der Waals surface area contributed by atoms with Crippen molar-refractivity contribution in [3.05, 3.63) is 50.4 Å². The van der Waals surface area contributed by atoms with Crippen LogP contribution in [-0.2, 0) is 4.79 Å². The summed E-state index contributed by atoms with van der Waals surface area (Å²) in [6.07, 6.45) is 0. The molecule has 0 aromatic heterocycles. The van der Waals surface area contributed by atoms with E-state index in [1.807, 2.05) is 13.8 Å². The highest BCUT2D eigenvalue weighted by atomic mass is 79.9. The lowest BCUT2D eigenvalue weighted by molar-refractivity contribution is -0.137. The van der Waals surface area contributed by atoms with Gasteiger partial charge in [0.2, 0.25) is 0 Å². The summed E-state index contributed by atoms with van der Waals surface area (Å²) in [5, 5.41) is 18.8. The number of carboxylic acids is 1. The third-order valence-electron chi connectivity index (χ3n) is 3.67. The van der Waals surface area contributed by atoms with Crippen molar-refractivity contribution >= 4 is 43.6 Å². The summed E-state index contributed by atoms with van der Waals surface area (Å²) < 4.78 is 6.77. The van der Waals surface area contributed by atoms with Crippen LogP contribution in [0.3, 0.4) is 0 Å². The normalized spacial score (nSPS) is 12.1. The van der Waals surface area contributed by atoms with Gasteiger partial charge in [0.15, 0.2) is 17.6 Å². The first-order chi connectivity index (χ1) is 12.1. The number of carboxylic acid groups (broad SMARTS) is 1. The van der Waals surface area contributed by atoms with Crippen LogP contribution in [0.25, 0.3) is 0 Å². The number of halogens is 2. The fourth-order valence-corrected chi connectivity index (χ4v) is 3.62. The first kappa shape index (κ1) is 20.4. The van der Waals surface area contributed by atoms with E-state index in [1.165, 1.54) is 12.1 Å². The molecule has 0 saturated carbocycles. The second-order valence-corrected chi connectivity index (χ2v) is 7.64. The smallest absolute Gasteiger partial charge is 0.328 e. The van der Waals surface area contributed by atoms with Crippen LogP contribution in [-0.4, -0.2) is 28.0 Å². The number of ether oxygens (including phenoxy) is 1. The fourth-order valence-electron chi connectivity index (χ4n) is 2.27. The van der Waals surface area contributed by atoms with Crippen LogP contribution in [0.1, 0.15) is 35.7 Å². The number of hydrogen-bond donors (Lipinski definition) is 3. The van der Waals surface area contributed by atoms with E-state index in [9.17, 15) is 14.7 Å². The van der Waals surface area contributed by atoms with Gasteiger partial charge in [-0.25, -0.2) is 0 Å². The Hall–Kier alpha value is -1.90. The molecule has 2 rings (SSSR count). The second kappa shape index (κ2) is 8.20. The highest BCUT2D eigenvalue weighted by Gasteiger charge is 2.24. The average molecular weight is 487 g/mol. The monoisotopic (exact) mass is 485 g/mol. The predicted molar refractivity (Wildman–Crippen MR) is 104 cm³/mol. The molecule has 2 aromatic rings. The first-order valence-corrected chi connectivity index (χ1v) is 9.22. The Bertz CT molecular complexity index is 844. The molecule has 0 amide bonds. The van der Waals surface area contributed by atoms with Gasteiger partial charge in [0.25, 0.3) is 0 Å². The Morgan fingerprint density at radius 1 is 1.12 bits per heavy atom. The van der Waals surface area contributed by atoms with Crippen molar-refractivity contribution in [2.24, 2.45) is 5.73 Å². The maximum absolute atomic E-state index is 12.1. The van der Waals surface area contributed by atoms with Gasteiger partial charge in [0, 0.05) is 11.1 Å². The highest BCUT2D eigenvalue weighted by Crippen LogP contribution is 2.39. The van der Waals surface area contributed by atoms with Gasteiger partial charge < -0.3 is 20.7 Å². The highest BCUT2D eigenvalue weighted by molar-refractivity contribution is 9.11. The zero-order chi connectivity index (χ0) is 19.6. The van der Waals surface area contributed by atoms with E-state index in [4.69, 9.17) is 15.6 Å². The third kappa shape index (κ3) is 4.44. The van der Waals surface area contributed by atoms with Gasteiger partial charge in [0.05, 0.1) is 8.95 Å². The molecule has 1 atom stereocenters. The van der Waals surface area contributed by atoms with Crippen molar-refractivity contribution in [2.45, 2.75) is 25.8 Å². The minimum atomic E-state index is -1.63. The molecule has 4 N–H and O–H groups in total. The minimum absolute atomic E-state index is 0.114. The number of benzene rings is 2. The lowest BCUT2D eigenvalue weighted by Crippen LogP contribution is -2.38. The number of nitrogens with two attached hydrogens (primary N) is 1. The predicted octanol–water partition coefficient (Wildman–Crippen LogP) is 4.43. The van der Waals surface area contributed by atoms with Gasteiger partial charge in [-0.15, -0.1) is 0 Å². The van der Waals surface area contributed by atoms with Gasteiger partial charge in [-0.2, -0.15) is 0 Å². The largest absolute Gasteiger partial charge is 0.508 e. The van der Waals surface area contributed by atoms with E-state index >= 15 is 0 Å². The number of carbonyl (C=O) groups is 2. The van der Waals surface area contributed by atoms with Gasteiger partial charge in [-0.1, -0.05) is 13.8 Å². The SMILES string of the molecule is CC(C)c1cc(Oc2c(Br)cc(C(=O)C(N)C(=O)O)cc2Br)ccc1O. The Morgan fingerprint density at radius 3 is 2.19 bits per heavy atom. The van der Waals surface area contributed by atoms with Crippen molar-refractivity contribution in [1.29, 1.82) is 0 Å². The average Bonchev–Trinajstić information content (AvgIpc) is 2.57. The van der Waals surface area contributed by atoms with Crippen LogP contribution in [0.4, 0.5) is 0 Å². The Morgan fingerprint density at radius 2 is 1.69 bits per heavy atom. The molecule has 0 radical (unpaired) electrons. The summed E-state index contributed by atoms with van der Waals surface area (Å²) in [6, 6.07) is 6.18. The minimum Gasteiger partial charge on any atom is -0.508 e. The summed E-state index contributed by atoms with van der Waals surface area (Å²) in [7, 11) is 0. The summed E-state index contributed by atoms with van der Waals surface area (Å²) in [6.45, 7) is 3.91. The van der Waals surface area contributed by atoms with Crippen molar-refractivity contribution in [2.75, 3.05) is 0 Å². The molecule has 0 bridgehead atoms. The molecule has 138 valence electrons. The first-order valence-electron chi connectivity index (χ1n) is 7.64. The maximum Gasteiger partial charge on any atom is 0.328 e. The molecule has 0 aliphatic rings. The topological polar surface area (TPSA) is 110 Å². The van der Waals surface area contributed by atoms with Crippen molar-refractivity contribution in [1.82, 2.24) is 0 Å². The van der Waals surface area contributed by atoms with Crippen LogP contribution in [0, 0.1) is 0 Å². The molecule has 8 heteroatoms. The standard InChI is InChI=1S/C18H17Br2NO5/c1-8(2)11-7-10(3-4-14(11)22)26-17-12(19)5-9(6-13(17)20)16(23)15(21)18(24)25/h3-8,15,22H,21H2,1-2H3,(H,24,25). The van der Waals surface area contributed by atoms with Gasteiger partial charge in [-0.05, 0) is 68.1 Å². The Kier molecular flexibility index (Phi) is 6.44. The zero-order valence-corrected chi connectivity index (χ0v) is 17.2. The number of aromatic hydroxyl groups is 1. The molecule has 1 unspecified atom stereocenters. The molecule has 0 saturated heterocycles. The van der Waals surface area contributed by atoms with Crippen LogP contribution >= 0.6 is 31.9 Å². The molecule has 2 aromatic carbocycles. The van der Waals surface area contributed by atoms with Gasteiger partial charge in [0.1, 0.15) is 11.5 Å². The molecule has 0 heterocycles. The second-order valence-electron chi connectivity index (χ2n) is 5.93. The molecule has 0 aliphatic carbocycles. The van der Waals surface area contributed by atoms with Crippen LogP contribution in [0.5, 0.6) is 17.2 Å². The number of phenolic OH excluding ortho intramolecular Hbond substituents is 1. The van der Waals surface area contributed by atoms with Crippen LogP contribution in [0.2, 0.25) is 0 Å². The van der Waals surface area contributed by atoms with E-state index in [1.54, 1.807) is 18.2 Å². The molecular weight excluding hydrogens is 470 g/mol. The quantitative estimate of drug-likeness (QED) is 0.411. The summed E-state index contributed by atoms with van der Waals surface area (Å²) >= 11 is 6.65. The van der Waals surface area contributed by atoms with Crippen molar-refractivity contribution in [3.8, 4) is 17.2 Å². The van der Waals surface area contributed by atoms with Gasteiger partial charge >= 0.3 is 5.97 Å². The summed E-state index contributed by atoms with van der Waals surface area (Å²) in [4.78, 5) is 23.0. The number of Topliss-reactive ketones (excluding diaryl/α,β-unsaturated/α-hetero) is 1. The molecule has 0 fully saturated rings. The number of carbonyl (C=O) groups excluding carboxylic acids is 1. The van der Waals surface area contributed by atoms with Gasteiger partial charge in [-0.3, -0.25) is 9.59 Å². The lowest BCUT2D eigenvalue weighted by Gasteiger charge is -2.15. The van der Waals surface area contributed by atoms with E-state index in [0.29, 0.717) is 20.4 Å². The van der Waals surface area contributed by atoms with E-state index < -0.39 is 17.8 Å². The number of hydrogen-bond acceptors (Lipinski definition) is 5. The Labute approximate surface area is 167 Å². The van der Waals surface area contributed by atoms with Crippen molar-refractivity contribution < 1.29 is 24.5 Å². The number of rotatable bonds is 6. The molecule has 6 nitrogen and oxygen atoms in total. The molecule has 26 heavy (non-hydrogen) atoms. The summed E-state index contributed by atoms with van der Waals surface area (Å²) in [5.41, 5.74) is 6.26. The number of phenols is 1. The maximum atomic E-state index is 12.1. The fraction of sp³-hybridized carbons (Fsp3) is 0.222. The molecule has 0 spiro atoms. The van der Waals surface area contributed by atoms with E-state index in [2.05, 4.69) is 31.9 Å².